The summed E-state index contributed by atoms with van der Waals surface area (Å²) in [4.78, 5) is 10.4. The normalized spacial score (nSPS) is 13.9. The summed E-state index contributed by atoms with van der Waals surface area (Å²) < 4.78 is 13.3. The van der Waals surface area contributed by atoms with Crippen molar-refractivity contribution in [2.24, 2.45) is 0 Å². The fourth-order valence-electron chi connectivity index (χ4n) is 10.4. The van der Waals surface area contributed by atoms with Crippen molar-refractivity contribution in [1.29, 1.82) is 0 Å². The highest BCUT2D eigenvalue weighted by atomic mass is 16.5. The average molecular weight is 807 g/mol. The van der Waals surface area contributed by atoms with Crippen molar-refractivity contribution in [3.8, 4) is 67.7 Å². The van der Waals surface area contributed by atoms with Gasteiger partial charge >= 0.3 is 0 Å². The number of ether oxygens (including phenoxy) is 1. The number of hydrogen-bond acceptors (Lipinski definition) is 4. The quantitative estimate of drug-likeness (QED) is 0.174. The molecule has 63 heavy (non-hydrogen) atoms. The standard InChI is InChI=1S/C59H38N2O2/c1-2-14-39(15-3-1)58-60-52(38-30-28-37(29-31-38)43-21-13-22-47-46-20-6-10-26-54(46)63-57(43)47)36-53(61-58)42-17-12-16-40(34-42)41-32-33-51-56(35-41)62-55-27-11-9-25-50(55)59(51)48-23-7-4-18-44(48)45-19-5-8-24-49(45)59/h1-12,14-21,23-36H,13,22H2. The highest BCUT2D eigenvalue weighted by molar-refractivity contribution is 5.92. The molecule has 3 aliphatic rings. The Kier molecular flexibility index (Phi) is 7.91. The molecule has 0 saturated carbocycles. The van der Waals surface area contributed by atoms with Crippen molar-refractivity contribution in [3.63, 3.8) is 0 Å². The van der Waals surface area contributed by atoms with E-state index in [1.807, 2.05) is 24.3 Å². The molecule has 13 rings (SSSR count). The van der Waals surface area contributed by atoms with Crippen LogP contribution in [0.2, 0.25) is 0 Å². The summed E-state index contributed by atoms with van der Waals surface area (Å²) in [5.74, 6) is 3.41. The summed E-state index contributed by atoms with van der Waals surface area (Å²) in [6.07, 6.45) is 4.28. The lowest BCUT2D eigenvalue weighted by molar-refractivity contribution is 0.436. The Balaban J connectivity index is 0.895. The summed E-state index contributed by atoms with van der Waals surface area (Å²) in [5.41, 5.74) is 18.3. The third kappa shape index (κ3) is 5.48. The Bertz CT molecular complexity index is 3440. The minimum Gasteiger partial charge on any atom is -0.457 e. The van der Waals surface area contributed by atoms with E-state index in [2.05, 4.69) is 182 Å². The van der Waals surface area contributed by atoms with E-state index in [0.29, 0.717) is 5.82 Å². The van der Waals surface area contributed by atoms with Gasteiger partial charge in [0.05, 0.1) is 16.8 Å². The number of para-hydroxylation sites is 2. The molecule has 0 saturated heterocycles. The zero-order valence-corrected chi connectivity index (χ0v) is 34.3. The van der Waals surface area contributed by atoms with Crippen LogP contribution in [0.25, 0.3) is 72.7 Å². The Hall–Kier alpha value is -8.08. The number of furan rings is 1. The minimum atomic E-state index is -0.495. The van der Waals surface area contributed by atoms with Gasteiger partial charge in [-0.05, 0) is 82.1 Å². The summed E-state index contributed by atoms with van der Waals surface area (Å²) in [5, 5.41) is 1.21. The van der Waals surface area contributed by atoms with E-state index in [-0.39, 0.29) is 0 Å². The smallest absolute Gasteiger partial charge is 0.160 e. The van der Waals surface area contributed by atoms with Gasteiger partial charge in [-0.25, -0.2) is 9.97 Å². The van der Waals surface area contributed by atoms with Crippen molar-refractivity contribution in [1.82, 2.24) is 9.97 Å². The molecule has 2 aliphatic carbocycles. The molecule has 0 amide bonds. The highest BCUT2D eigenvalue weighted by Crippen LogP contribution is 2.62. The largest absolute Gasteiger partial charge is 0.457 e. The van der Waals surface area contributed by atoms with Gasteiger partial charge in [0.1, 0.15) is 22.8 Å². The number of fused-ring (bicyclic) bond motifs is 12. The van der Waals surface area contributed by atoms with Crippen LogP contribution in [0, 0.1) is 0 Å². The van der Waals surface area contributed by atoms with Crippen LogP contribution < -0.4 is 4.74 Å². The molecule has 4 nitrogen and oxygen atoms in total. The summed E-state index contributed by atoms with van der Waals surface area (Å²) in [7, 11) is 0. The molecule has 3 heterocycles. The zero-order valence-electron chi connectivity index (χ0n) is 34.3. The number of aromatic nitrogens is 2. The first-order valence-electron chi connectivity index (χ1n) is 21.7. The number of benzene rings is 8. The van der Waals surface area contributed by atoms with Crippen molar-refractivity contribution < 1.29 is 9.15 Å². The monoisotopic (exact) mass is 806 g/mol. The number of rotatable bonds is 5. The van der Waals surface area contributed by atoms with Gasteiger partial charge in [0.2, 0.25) is 0 Å². The van der Waals surface area contributed by atoms with E-state index in [0.717, 1.165) is 91.6 Å². The first-order valence-corrected chi connectivity index (χ1v) is 21.7. The second-order valence-electron chi connectivity index (χ2n) is 16.7. The van der Waals surface area contributed by atoms with Crippen LogP contribution >= 0.6 is 0 Å². The van der Waals surface area contributed by atoms with Crippen molar-refractivity contribution >= 4 is 16.5 Å². The van der Waals surface area contributed by atoms with Gasteiger partial charge in [0, 0.05) is 44.3 Å². The average Bonchev–Trinajstić information content (AvgIpc) is 3.88. The summed E-state index contributed by atoms with van der Waals surface area (Å²) in [6.45, 7) is 0. The van der Waals surface area contributed by atoms with E-state index in [4.69, 9.17) is 19.1 Å². The number of hydrogen-bond donors (Lipinski definition) is 0. The molecule has 0 atom stereocenters. The Labute approximate surface area is 365 Å². The van der Waals surface area contributed by atoms with Gasteiger partial charge in [-0.2, -0.15) is 0 Å². The fraction of sp³-hybridized carbons (Fsp3) is 0.0508. The molecule has 0 unspecified atom stereocenters. The Morgan fingerprint density at radius 2 is 1.03 bits per heavy atom. The Morgan fingerprint density at radius 1 is 0.429 bits per heavy atom. The molecule has 1 spiro atoms. The van der Waals surface area contributed by atoms with E-state index < -0.39 is 5.41 Å². The zero-order chi connectivity index (χ0) is 41.5. The van der Waals surface area contributed by atoms with Crippen LogP contribution in [0.5, 0.6) is 11.5 Å². The molecule has 8 aromatic carbocycles. The second kappa shape index (κ2) is 14.0. The highest BCUT2D eigenvalue weighted by Gasteiger charge is 2.50. The molecule has 0 bridgehead atoms. The van der Waals surface area contributed by atoms with Gasteiger partial charge in [-0.15, -0.1) is 0 Å². The molecule has 2 aromatic heterocycles. The van der Waals surface area contributed by atoms with E-state index in [1.165, 1.54) is 38.8 Å². The van der Waals surface area contributed by atoms with Gasteiger partial charge in [0.15, 0.2) is 5.82 Å². The van der Waals surface area contributed by atoms with E-state index in [1.54, 1.807) is 0 Å². The van der Waals surface area contributed by atoms with Gasteiger partial charge in [-0.1, -0.05) is 176 Å². The first kappa shape index (κ1) is 35.7. The molecule has 0 fully saturated rings. The Morgan fingerprint density at radius 3 is 1.84 bits per heavy atom. The van der Waals surface area contributed by atoms with Crippen LogP contribution in [0.15, 0.2) is 211 Å². The topological polar surface area (TPSA) is 48.2 Å². The molecular weight excluding hydrogens is 769 g/mol. The SMILES string of the molecule is C1=C(c2ccc(-c3cc(-c4cccc(-c5ccc6c(c5)Oc5ccccc5C65c6ccccc6-c6ccccc65)c4)nc(-c4ccccc4)n3)cc2)c2oc3ccccc3c2CC1. The summed E-state index contributed by atoms with van der Waals surface area (Å²) in [6, 6.07) is 71.1. The first-order chi connectivity index (χ1) is 31.2. The van der Waals surface area contributed by atoms with Gasteiger partial charge in [0.25, 0.3) is 0 Å². The molecule has 10 aromatic rings. The van der Waals surface area contributed by atoms with Crippen LogP contribution in [-0.4, -0.2) is 9.97 Å². The van der Waals surface area contributed by atoms with Gasteiger partial charge < -0.3 is 9.15 Å². The van der Waals surface area contributed by atoms with Crippen LogP contribution in [-0.2, 0) is 11.8 Å². The van der Waals surface area contributed by atoms with Crippen molar-refractivity contribution in [2.45, 2.75) is 18.3 Å². The number of aryl methyl sites for hydroxylation is 1. The fourth-order valence-corrected chi connectivity index (χ4v) is 10.4. The van der Waals surface area contributed by atoms with Crippen LogP contribution in [0.3, 0.4) is 0 Å². The minimum absolute atomic E-state index is 0.495. The summed E-state index contributed by atoms with van der Waals surface area (Å²) >= 11 is 0. The molecule has 0 N–H and O–H groups in total. The van der Waals surface area contributed by atoms with Gasteiger partial charge in [-0.3, -0.25) is 0 Å². The number of nitrogens with zero attached hydrogens (tertiary/aromatic N) is 2. The van der Waals surface area contributed by atoms with Crippen LogP contribution in [0.4, 0.5) is 0 Å². The number of allylic oxidation sites excluding steroid dienone is 1. The second-order valence-corrected chi connectivity index (χ2v) is 16.7. The lowest BCUT2D eigenvalue weighted by Crippen LogP contribution is -2.32. The maximum absolute atomic E-state index is 6.85. The predicted octanol–water partition coefficient (Wildman–Crippen LogP) is 14.7. The molecule has 0 radical (unpaired) electrons. The van der Waals surface area contributed by atoms with Crippen molar-refractivity contribution in [3.05, 3.63) is 245 Å². The molecule has 1 aliphatic heterocycles. The maximum Gasteiger partial charge on any atom is 0.160 e. The van der Waals surface area contributed by atoms with E-state index in [9.17, 15) is 0 Å². The lowest BCUT2D eigenvalue weighted by atomic mass is 9.66. The van der Waals surface area contributed by atoms with E-state index >= 15 is 0 Å². The van der Waals surface area contributed by atoms with Crippen molar-refractivity contribution in [2.75, 3.05) is 0 Å². The molecule has 4 heteroatoms. The third-order valence-corrected chi connectivity index (χ3v) is 13.3. The molecular formula is C59H38N2O2. The molecule has 296 valence electrons. The third-order valence-electron chi connectivity index (χ3n) is 13.3. The maximum atomic E-state index is 6.85. The predicted molar refractivity (Wildman–Crippen MR) is 253 cm³/mol. The lowest BCUT2D eigenvalue weighted by Gasteiger charge is -2.39. The van der Waals surface area contributed by atoms with Crippen LogP contribution in [0.1, 0.15) is 45.6 Å².